The Hall–Kier alpha value is -1.62. The van der Waals surface area contributed by atoms with E-state index in [0.717, 1.165) is 12.1 Å². The van der Waals surface area contributed by atoms with Crippen LogP contribution in [0.3, 0.4) is 0 Å². The van der Waals surface area contributed by atoms with Crippen LogP contribution in [0, 0.1) is 5.82 Å². The number of carbonyl (C=O) groups excluding carboxylic acids is 1. The molecule has 0 bridgehead atoms. The Balaban J connectivity index is 2.92. The van der Waals surface area contributed by atoms with E-state index >= 15 is 0 Å². The molecule has 1 aromatic rings. The number of aromatic hydroxyl groups is 1. The molecule has 0 aliphatic heterocycles. The molecule has 16 heavy (non-hydrogen) atoms. The first-order valence-corrected chi connectivity index (χ1v) is 4.73. The summed E-state index contributed by atoms with van der Waals surface area (Å²) >= 11 is 5.38. The molecule has 0 radical (unpaired) electrons. The van der Waals surface area contributed by atoms with Crippen LogP contribution in [0.1, 0.15) is 23.2 Å². The van der Waals surface area contributed by atoms with Gasteiger partial charge in [-0.1, -0.05) is 11.6 Å². The summed E-state index contributed by atoms with van der Waals surface area (Å²) in [6.07, 6.45) is -0.674. The fourth-order valence-corrected chi connectivity index (χ4v) is 1.27. The van der Waals surface area contributed by atoms with Crippen LogP contribution < -0.4 is 0 Å². The van der Waals surface area contributed by atoms with E-state index in [4.69, 9.17) is 16.7 Å². The number of benzene rings is 1. The Morgan fingerprint density at radius 2 is 1.94 bits per heavy atom. The van der Waals surface area contributed by atoms with Gasteiger partial charge in [0.2, 0.25) is 0 Å². The fourth-order valence-electron chi connectivity index (χ4n) is 1.12. The third-order valence-electron chi connectivity index (χ3n) is 1.94. The number of Topliss-reactive ketones (excluding diaryl/α,β-unsaturated/α-hetero) is 1. The zero-order chi connectivity index (χ0) is 12.3. The maximum atomic E-state index is 13.1. The number of ketones is 1. The number of halogens is 2. The van der Waals surface area contributed by atoms with Crippen molar-refractivity contribution in [2.75, 3.05) is 0 Å². The van der Waals surface area contributed by atoms with Gasteiger partial charge in [-0.05, 0) is 12.1 Å². The normalized spacial score (nSPS) is 10.1. The summed E-state index contributed by atoms with van der Waals surface area (Å²) in [5.74, 6) is -3.71. The van der Waals surface area contributed by atoms with Crippen LogP contribution in [0.25, 0.3) is 0 Å². The van der Waals surface area contributed by atoms with Crippen molar-refractivity contribution in [1.82, 2.24) is 0 Å². The van der Waals surface area contributed by atoms with E-state index in [1.165, 1.54) is 0 Å². The van der Waals surface area contributed by atoms with Gasteiger partial charge in [0, 0.05) is 6.42 Å². The Bertz CT molecular complexity index is 445. The number of carboxylic acids is 1. The molecule has 4 nitrogen and oxygen atoms in total. The first-order chi connectivity index (χ1) is 7.43. The molecule has 1 rings (SSSR count). The van der Waals surface area contributed by atoms with Gasteiger partial charge >= 0.3 is 5.97 Å². The Labute approximate surface area is 95.3 Å². The van der Waals surface area contributed by atoms with Crippen LogP contribution in [0.15, 0.2) is 12.1 Å². The Morgan fingerprint density at radius 3 is 2.50 bits per heavy atom. The molecule has 0 aromatic heterocycles. The third kappa shape index (κ3) is 2.70. The molecule has 0 aliphatic carbocycles. The van der Waals surface area contributed by atoms with Gasteiger partial charge < -0.3 is 10.2 Å². The average molecular weight is 247 g/mol. The Kier molecular flexibility index (Phi) is 3.84. The van der Waals surface area contributed by atoms with Crippen molar-refractivity contribution in [3.8, 4) is 5.75 Å². The molecule has 0 saturated carbocycles. The highest BCUT2D eigenvalue weighted by molar-refractivity contribution is 6.31. The number of hydrogen-bond donors (Lipinski definition) is 2. The molecule has 6 heteroatoms. The summed E-state index contributed by atoms with van der Waals surface area (Å²) in [7, 11) is 0. The van der Waals surface area contributed by atoms with E-state index in [2.05, 4.69) is 0 Å². The minimum Gasteiger partial charge on any atom is -0.504 e. The number of phenols is 1. The molecular weight excluding hydrogens is 239 g/mol. The summed E-state index contributed by atoms with van der Waals surface area (Å²) in [5, 5.41) is 17.4. The summed E-state index contributed by atoms with van der Waals surface area (Å²) in [6.45, 7) is 0. The van der Waals surface area contributed by atoms with Gasteiger partial charge in [0.25, 0.3) is 0 Å². The number of rotatable bonds is 4. The molecule has 0 amide bonds. The fraction of sp³-hybridized carbons (Fsp3) is 0.200. The van der Waals surface area contributed by atoms with Gasteiger partial charge in [-0.15, -0.1) is 0 Å². The Morgan fingerprint density at radius 1 is 1.31 bits per heavy atom. The standard InChI is InChI=1S/C10H8ClFO4/c11-6-2-1-5(10(16)9(6)12)7(13)3-4-8(14)15/h1-2,16H,3-4H2,(H,14,15). The molecule has 0 spiro atoms. The van der Waals surface area contributed by atoms with E-state index in [1.54, 1.807) is 0 Å². The minimum absolute atomic E-state index is 0.261. The quantitative estimate of drug-likeness (QED) is 0.799. The second-order valence-electron chi connectivity index (χ2n) is 3.07. The highest BCUT2D eigenvalue weighted by Gasteiger charge is 2.17. The lowest BCUT2D eigenvalue weighted by atomic mass is 10.1. The minimum atomic E-state index is -1.14. The van der Waals surface area contributed by atoms with E-state index in [9.17, 15) is 19.1 Å². The van der Waals surface area contributed by atoms with Crippen molar-refractivity contribution in [3.05, 3.63) is 28.5 Å². The van der Waals surface area contributed by atoms with E-state index in [-0.39, 0.29) is 23.4 Å². The summed E-state index contributed by atoms with van der Waals surface area (Å²) in [4.78, 5) is 21.6. The summed E-state index contributed by atoms with van der Waals surface area (Å²) < 4.78 is 13.1. The molecular formula is C10H8ClFO4. The number of aliphatic carboxylic acids is 1. The molecule has 0 aliphatic rings. The topological polar surface area (TPSA) is 74.6 Å². The van der Waals surface area contributed by atoms with Crippen LogP contribution in [0.4, 0.5) is 4.39 Å². The van der Waals surface area contributed by atoms with Gasteiger partial charge in [0.1, 0.15) is 0 Å². The largest absolute Gasteiger partial charge is 0.504 e. The van der Waals surface area contributed by atoms with Crippen LogP contribution in [0.2, 0.25) is 5.02 Å². The van der Waals surface area contributed by atoms with Gasteiger partial charge in [-0.25, -0.2) is 4.39 Å². The summed E-state index contributed by atoms with van der Waals surface area (Å²) in [6, 6.07) is 2.29. The van der Waals surface area contributed by atoms with E-state index in [1.807, 2.05) is 0 Å². The highest BCUT2D eigenvalue weighted by Crippen LogP contribution is 2.28. The smallest absolute Gasteiger partial charge is 0.303 e. The molecule has 0 heterocycles. The van der Waals surface area contributed by atoms with Crippen LogP contribution in [0.5, 0.6) is 5.75 Å². The van der Waals surface area contributed by atoms with Crippen molar-refractivity contribution >= 4 is 23.4 Å². The molecule has 0 unspecified atom stereocenters. The number of carboxylic acid groups (broad SMARTS) is 1. The monoisotopic (exact) mass is 246 g/mol. The maximum absolute atomic E-state index is 13.1. The van der Waals surface area contributed by atoms with Crippen molar-refractivity contribution in [2.24, 2.45) is 0 Å². The third-order valence-corrected chi connectivity index (χ3v) is 2.23. The average Bonchev–Trinajstić information content (AvgIpc) is 2.23. The predicted molar refractivity (Wildman–Crippen MR) is 54.3 cm³/mol. The molecule has 2 N–H and O–H groups in total. The van der Waals surface area contributed by atoms with Crippen molar-refractivity contribution in [1.29, 1.82) is 0 Å². The van der Waals surface area contributed by atoms with E-state index < -0.39 is 23.3 Å². The zero-order valence-electron chi connectivity index (χ0n) is 8.04. The van der Waals surface area contributed by atoms with Crippen LogP contribution >= 0.6 is 11.6 Å². The summed E-state index contributed by atoms with van der Waals surface area (Å²) in [5.41, 5.74) is -0.261. The maximum Gasteiger partial charge on any atom is 0.303 e. The van der Waals surface area contributed by atoms with Crippen molar-refractivity contribution < 1.29 is 24.2 Å². The molecule has 86 valence electrons. The first-order valence-electron chi connectivity index (χ1n) is 4.35. The SMILES string of the molecule is O=C(O)CCC(=O)c1ccc(Cl)c(F)c1O. The lowest BCUT2D eigenvalue weighted by Gasteiger charge is -2.04. The van der Waals surface area contributed by atoms with Crippen molar-refractivity contribution in [2.45, 2.75) is 12.8 Å². The van der Waals surface area contributed by atoms with Crippen molar-refractivity contribution in [3.63, 3.8) is 0 Å². The highest BCUT2D eigenvalue weighted by atomic mass is 35.5. The van der Waals surface area contributed by atoms with Crippen LogP contribution in [-0.4, -0.2) is 22.0 Å². The number of hydrogen-bond acceptors (Lipinski definition) is 3. The zero-order valence-corrected chi connectivity index (χ0v) is 8.79. The predicted octanol–water partition coefficient (Wildman–Crippen LogP) is 2.23. The van der Waals surface area contributed by atoms with E-state index in [0.29, 0.717) is 0 Å². The first kappa shape index (κ1) is 12.4. The molecule has 0 fully saturated rings. The van der Waals surface area contributed by atoms with Gasteiger partial charge in [-0.3, -0.25) is 9.59 Å². The second-order valence-corrected chi connectivity index (χ2v) is 3.48. The lowest BCUT2D eigenvalue weighted by molar-refractivity contribution is -0.136. The second kappa shape index (κ2) is 4.94. The van der Waals surface area contributed by atoms with Crippen LogP contribution in [-0.2, 0) is 4.79 Å². The lowest BCUT2D eigenvalue weighted by Crippen LogP contribution is -2.04. The molecule has 1 aromatic carbocycles. The van der Waals surface area contributed by atoms with Gasteiger partial charge in [0.15, 0.2) is 17.3 Å². The molecule has 0 saturated heterocycles. The number of carbonyl (C=O) groups is 2. The van der Waals surface area contributed by atoms with Gasteiger partial charge in [0.05, 0.1) is 17.0 Å². The number of phenolic OH excluding ortho intramolecular Hbond substituents is 1. The molecule has 0 atom stereocenters. The van der Waals surface area contributed by atoms with Gasteiger partial charge in [-0.2, -0.15) is 0 Å².